The number of urea groups is 1. The van der Waals surface area contributed by atoms with E-state index in [0.717, 1.165) is 27.9 Å². The number of aryl methyl sites for hydroxylation is 1. The Hall–Kier alpha value is -1.21. The van der Waals surface area contributed by atoms with Crippen LogP contribution in [0.3, 0.4) is 0 Å². The number of nitrogens with one attached hydrogen (secondary N) is 1. The number of hydrogen-bond donors (Lipinski definition) is 2. The molecule has 0 spiro atoms. The van der Waals surface area contributed by atoms with Crippen molar-refractivity contribution in [2.24, 2.45) is 0 Å². The average Bonchev–Trinajstić information content (AvgIpc) is 2.48. The van der Waals surface area contributed by atoms with Gasteiger partial charge in [-0.1, -0.05) is 22.9 Å². The third kappa shape index (κ3) is 3.91. The van der Waals surface area contributed by atoms with Gasteiger partial charge in [0, 0.05) is 28.2 Å². The first-order valence-electron chi connectivity index (χ1n) is 6.69. The van der Waals surface area contributed by atoms with Crippen LogP contribution in [-0.2, 0) is 11.2 Å². The smallest absolute Gasteiger partial charge is 0.327 e. The third-order valence-corrected chi connectivity index (χ3v) is 4.88. The zero-order valence-electron chi connectivity index (χ0n) is 11.6. The van der Waals surface area contributed by atoms with Gasteiger partial charge in [0.25, 0.3) is 0 Å². The van der Waals surface area contributed by atoms with Crippen LogP contribution in [0, 0.1) is 0 Å². The van der Waals surface area contributed by atoms with Crippen molar-refractivity contribution in [3.63, 3.8) is 0 Å². The molecule has 2 amide bonds. The second-order valence-corrected chi connectivity index (χ2v) is 6.77. The summed E-state index contributed by atoms with van der Waals surface area (Å²) >= 11 is 4.96. The lowest BCUT2D eigenvalue weighted by Crippen LogP contribution is -2.51. The highest BCUT2D eigenvalue weighted by Gasteiger charge is 2.32. The van der Waals surface area contributed by atoms with Crippen LogP contribution in [0.4, 0.5) is 10.5 Å². The molecule has 0 aromatic heterocycles. The summed E-state index contributed by atoms with van der Waals surface area (Å²) in [6, 6.07) is 4.53. The molecule has 0 radical (unpaired) electrons. The number of nitrogens with zero attached hydrogens (tertiary/aromatic N) is 1. The van der Waals surface area contributed by atoms with Crippen molar-refractivity contribution in [2.75, 3.05) is 23.4 Å². The average molecular weight is 373 g/mol. The highest BCUT2D eigenvalue weighted by atomic mass is 79.9. The van der Waals surface area contributed by atoms with E-state index in [0.29, 0.717) is 12.3 Å². The topological polar surface area (TPSA) is 69.6 Å². The van der Waals surface area contributed by atoms with E-state index in [1.54, 1.807) is 11.8 Å². The summed E-state index contributed by atoms with van der Waals surface area (Å²) in [5.41, 5.74) is 1.74. The molecule has 1 fully saturated rings. The second kappa shape index (κ2) is 7.17. The van der Waals surface area contributed by atoms with E-state index in [1.165, 1.54) is 4.90 Å². The summed E-state index contributed by atoms with van der Waals surface area (Å²) in [6.07, 6.45) is 0.785. The summed E-state index contributed by atoms with van der Waals surface area (Å²) in [5, 5.41) is 12.1. The largest absolute Gasteiger partial charge is 0.480 e. The lowest BCUT2D eigenvalue weighted by Gasteiger charge is -2.32. The van der Waals surface area contributed by atoms with Gasteiger partial charge in [0.1, 0.15) is 6.04 Å². The van der Waals surface area contributed by atoms with Gasteiger partial charge in [-0.2, -0.15) is 11.8 Å². The van der Waals surface area contributed by atoms with Crippen LogP contribution in [0.1, 0.15) is 12.5 Å². The Morgan fingerprint density at radius 3 is 2.95 bits per heavy atom. The molecule has 1 aromatic rings. The van der Waals surface area contributed by atoms with Gasteiger partial charge in [-0.15, -0.1) is 0 Å². The number of carboxylic acid groups (broad SMARTS) is 1. The van der Waals surface area contributed by atoms with E-state index < -0.39 is 12.0 Å². The molecule has 21 heavy (non-hydrogen) atoms. The Bertz CT molecular complexity index is 553. The van der Waals surface area contributed by atoms with E-state index >= 15 is 0 Å². The van der Waals surface area contributed by atoms with Crippen LogP contribution in [0.2, 0.25) is 0 Å². The van der Waals surface area contributed by atoms with Gasteiger partial charge in [0.05, 0.1) is 0 Å². The fourth-order valence-electron chi connectivity index (χ4n) is 2.22. The number of rotatable bonds is 3. The van der Waals surface area contributed by atoms with Crippen molar-refractivity contribution in [3.8, 4) is 0 Å². The SMILES string of the molecule is CCc1cc(Br)ccc1NC(=O)N1CCSCC1C(=O)O. The van der Waals surface area contributed by atoms with Crippen LogP contribution in [0.15, 0.2) is 22.7 Å². The van der Waals surface area contributed by atoms with Gasteiger partial charge in [-0.05, 0) is 30.2 Å². The van der Waals surface area contributed by atoms with Gasteiger partial charge in [-0.3, -0.25) is 0 Å². The molecule has 2 rings (SSSR count). The van der Waals surface area contributed by atoms with Gasteiger partial charge in [0.2, 0.25) is 0 Å². The van der Waals surface area contributed by atoms with E-state index in [4.69, 9.17) is 0 Å². The van der Waals surface area contributed by atoms with Gasteiger partial charge in [0.15, 0.2) is 0 Å². The van der Waals surface area contributed by atoms with E-state index in [1.807, 2.05) is 25.1 Å². The first kappa shape index (κ1) is 16.2. The van der Waals surface area contributed by atoms with E-state index in [-0.39, 0.29) is 6.03 Å². The minimum atomic E-state index is -0.955. The molecule has 1 aliphatic rings. The maximum atomic E-state index is 12.4. The number of carbonyl (C=O) groups is 2. The van der Waals surface area contributed by atoms with Crippen molar-refractivity contribution in [1.29, 1.82) is 0 Å². The minimum Gasteiger partial charge on any atom is -0.480 e. The molecular formula is C14H17BrN2O3S. The molecule has 0 aliphatic carbocycles. The number of halogens is 1. The molecule has 1 heterocycles. The van der Waals surface area contributed by atoms with Crippen LogP contribution in [0.25, 0.3) is 0 Å². The highest BCUT2D eigenvalue weighted by molar-refractivity contribution is 9.10. The van der Waals surface area contributed by atoms with Crippen molar-refractivity contribution in [3.05, 3.63) is 28.2 Å². The lowest BCUT2D eigenvalue weighted by molar-refractivity contribution is -0.141. The number of benzene rings is 1. The van der Waals surface area contributed by atoms with Crippen LogP contribution in [-0.4, -0.2) is 46.1 Å². The predicted molar refractivity (Wildman–Crippen MR) is 88.0 cm³/mol. The summed E-state index contributed by atoms with van der Waals surface area (Å²) in [7, 11) is 0. The maximum Gasteiger partial charge on any atom is 0.327 e. The fourth-order valence-corrected chi connectivity index (χ4v) is 3.66. The number of carbonyl (C=O) groups excluding carboxylic acids is 1. The Labute approximate surface area is 136 Å². The van der Waals surface area contributed by atoms with Crippen LogP contribution in [0.5, 0.6) is 0 Å². The molecule has 1 aromatic carbocycles. The number of carboxylic acids is 1. The Morgan fingerprint density at radius 2 is 2.29 bits per heavy atom. The van der Waals surface area contributed by atoms with E-state index in [2.05, 4.69) is 21.2 Å². The molecule has 5 nitrogen and oxygen atoms in total. The van der Waals surface area contributed by atoms with Crippen molar-refractivity contribution >= 4 is 45.4 Å². The third-order valence-electron chi connectivity index (χ3n) is 3.36. The summed E-state index contributed by atoms with van der Waals surface area (Å²) in [4.78, 5) is 25.0. The number of aliphatic carboxylic acids is 1. The molecule has 0 bridgehead atoms. The Morgan fingerprint density at radius 1 is 1.52 bits per heavy atom. The minimum absolute atomic E-state index is 0.347. The van der Waals surface area contributed by atoms with Gasteiger partial charge in [-0.25, -0.2) is 9.59 Å². The van der Waals surface area contributed by atoms with Crippen molar-refractivity contribution < 1.29 is 14.7 Å². The zero-order chi connectivity index (χ0) is 15.4. The summed E-state index contributed by atoms with van der Waals surface area (Å²) < 4.78 is 0.954. The molecule has 2 N–H and O–H groups in total. The molecule has 0 saturated carbocycles. The molecule has 1 atom stereocenters. The zero-order valence-corrected chi connectivity index (χ0v) is 14.0. The van der Waals surface area contributed by atoms with Crippen molar-refractivity contribution in [2.45, 2.75) is 19.4 Å². The highest BCUT2D eigenvalue weighted by Crippen LogP contribution is 2.23. The van der Waals surface area contributed by atoms with Crippen molar-refractivity contribution in [1.82, 2.24) is 4.90 Å². The van der Waals surface area contributed by atoms with E-state index in [9.17, 15) is 14.7 Å². The van der Waals surface area contributed by atoms with Gasteiger partial charge >= 0.3 is 12.0 Å². The molecule has 114 valence electrons. The Balaban J connectivity index is 2.15. The maximum absolute atomic E-state index is 12.4. The standard InChI is InChI=1S/C14H17BrN2O3S/c1-2-9-7-10(15)3-4-11(9)16-14(20)17-5-6-21-8-12(17)13(18)19/h3-4,7,12H,2,5-6,8H2,1H3,(H,16,20)(H,18,19). The number of anilines is 1. The number of thioether (sulfide) groups is 1. The first-order chi connectivity index (χ1) is 10.0. The van der Waals surface area contributed by atoms with Gasteiger partial charge < -0.3 is 15.3 Å². The molecule has 1 saturated heterocycles. The fraction of sp³-hybridized carbons (Fsp3) is 0.429. The second-order valence-electron chi connectivity index (χ2n) is 4.71. The normalized spacial score (nSPS) is 18.4. The lowest BCUT2D eigenvalue weighted by atomic mass is 10.1. The monoisotopic (exact) mass is 372 g/mol. The molecule has 1 unspecified atom stereocenters. The summed E-state index contributed by atoms with van der Waals surface area (Å²) in [5.74, 6) is 0.242. The Kier molecular flexibility index (Phi) is 5.52. The van der Waals surface area contributed by atoms with Crippen LogP contribution >= 0.6 is 27.7 Å². The number of amides is 2. The molecule has 7 heteroatoms. The first-order valence-corrected chi connectivity index (χ1v) is 8.64. The molecular weight excluding hydrogens is 356 g/mol. The quantitative estimate of drug-likeness (QED) is 0.855. The number of hydrogen-bond acceptors (Lipinski definition) is 3. The summed E-state index contributed by atoms with van der Waals surface area (Å²) in [6.45, 7) is 2.46. The van der Waals surface area contributed by atoms with Crippen LogP contribution < -0.4 is 5.32 Å². The molecule has 1 aliphatic heterocycles. The predicted octanol–water partition coefficient (Wildman–Crippen LogP) is 3.05.